The first-order valence-corrected chi connectivity index (χ1v) is 7.32. The highest BCUT2D eigenvalue weighted by Crippen LogP contribution is 2.33. The lowest BCUT2D eigenvalue weighted by Crippen LogP contribution is -2.40. The van der Waals surface area contributed by atoms with Crippen LogP contribution in [0.15, 0.2) is 30.5 Å². The van der Waals surface area contributed by atoms with Gasteiger partial charge in [0.25, 0.3) is 0 Å². The molecule has 1 aromatic carbocycles. The van der Waals surface area contributed by atoms with Crippen molar-refractivity contribution in [1.82, 2.24) is 4.98 Å². The van der Waals surface area contributed by atoms with E-state index in [1.807, 2.05) is 18.3 Å². The lowest BCUT2D eigenvalue weighted by molar-refractivity contribution is 0.262. The number of para-hydroxylation sites is 1. The van der Waals surface area contributed by atoms with Gasteiger partial charge < -0.3 is 15.7 Å². The van der Waals surface area contributed by atoms with Crippen molar-refractivity contribution in [3.05, 3.63) is 30.5 Å². The Balaban J connectivity index is 2.06. The van der Waals surface area contributed by atoms with Crippen LogP contribution >= 0.6 is 0 Å². The molecular formula is C16H21N3O. The predicted octanol–water partition coefficient (Wildman–Crippen LogP) is 2.56. The molecule has 0 spiro atoms. The smallest absolute Gasteiger partial charge is 0.0951 e. The molecule has 0 aliphatic carbocycles. The first-order valence-electron chi connectivity index (χ1n) is 7.32. The van der Waals surface area contributed by atoms with Crippen molar-refractivity contribution in [1.29, 1.82) is 0 Å². The quantitative estimate of drug-likeness (QED) is 0.842. The molecule has 4 nitrogen and oxygen atoms in total. The van der Waals surface area contributed by atoms with Crippen LogP contribution in [-0.2, 0) is 0 Å². The van der Waals surface area contributed by atoms with Gasteiger partial charge in [0.1, 0.15) is 0 Å². The molecule has 0 saturated carbocycles. The van der Waals surface area contributed by atoms with Crippen molar-refractivity contribution in [3.63, 3.8) is 0 Å². The van der Waals surface area contributed by atoms with Gasteiger partial charge in [-0.05, 0) is 37.8 Å². The van der Waals surface area contributed by atoms with E-state index in [9.17, 15) is 5.11 Å². The highest BCUT2D eigenvalue weighted by Gasteiger charge is 2.23. The minimum Gasteiger partial charge on any atom is -0.397 e. The van der Waals surface area contributed by atoms with Gasteiger partial charge in [-0.15, -0.1) is 0 Å². The molecule has 1 unspecified atom stereocenters. The number of anilines is 2. The van der Waals surface area contributed by atoms with Crippen molar-refractivity contribution < 1.29 is 5.11 Å². The number of aliphatic hydroxyl groups is 1. The number of nitrogen functional groups attached to an aromatic ring is 1. The zero-order valence-electron chi connectivity index (χ0n) is 11.6. The number of nitrogens with zero attached hydrogens (tertiary/aromatic N) is 2. The summed E-state index contributed by atoms with van der Waals surface area (Å²) in [5.41, 5.74) is 8.82. The summed E-state index contributed by atoms with van der Waals surface area (Å²) in [5, 5.41) is 10.4. The van der Waals surface area contributed by atoms with Gasteiger partial charge in [0, 0.05) is 36.5 Å². The van der Waals surface area contributed by atoms with Crippen LogP contribution in [0.5, 0.6) is 0 Å². The Morgan fingerprint density at radius 1 is 1.30 bits per heavy atom. The molecule has 20 heavy (non-hydrogen) atoms. The Morgan fingerprint density at radius 3 is 3.05 bits per heavy atom. The molecular weight excluding hydrogens is 250 g/mol. The number of benzene rings is 1. The lowest BCUT2D eigenvalue weighted by atomic mass is 9.98. The minimum atomic E-state index is 0.242. The molecule has 1 aromatic heterocycles. The fourth-order valence-electron chi connectivity index (χ4n) is 3.20. The molecule has 0 bridgehead atoms. The van der Waals surface area contributed by atoms with Gasteiger partial charge >= 0.3 is 0 Å². The van der Waals surface area contributed by atoms with Gasteiger partial charge in [-0.3, -0.25) is 4.98 Å². The van der Waals surface area contributed by atoms with Crippen LogP contribution in [0.4, 0.5) is 11.4 Å². The normalized spacial score (nSPS) is 19.4. The molecule has 1 atom stereocenters. The van der Waals surface area contributed by atoms with Gasteiger partial charge in [0.15, 0.2) is 0 Å². The summed E-state index contributed by atoms with van der Waals surface area (Å²) in [7, 11) is 0. The molecule has 4 heteroatoms. The van der Waals surface area contributed by atoms with Gasteiger partial charge in [0.05, 0.1) is 11.2 Å². The van der Waals surface area contributed by atoms with Crippen LogP contribution in [0.2, 0.25) is 0 Å². The highest BCUT2D eigenvalue weighted by atomic mass is 16.3. The van der Waals surface area contributed by atoms with Crippen molar-refractivity contribution >= 4 is 22.3 Å². The number of hydrogen-bond acceptors (Lipinski definition) is 4. The predicted molar refractivity (Wildman–Crippen MR) is 82.8 cm³/mol. The molecule has 2 heterocycles. The van der Waals surface area contributed by atoms with Crippen LogP contribution in [0, 0.1) is 0 Å². The number of hydrogen-bond donors (Lipinski definition) is 2. The Kier molecular flexibility index (Phi) is 3.74. The molecule has 2 aromatic rings. The average Bonchev–Trinajstić information content (AvgIpc) is 2.48. The summed E-state index contributed by atoms with van der Waals surface area (Å²) in [6.45, 7) is 1.28. The number of aromatic nitrogens is 1. The Labute approximate surface area is 119 Å². The molecule has 3 rings (SSSR count). The molecule has 0 amide bonds. The van der Waals surface area contributed by atoms with E-state index in [4.69, 9.17) is 5.73 Å². The second-order valence-electron chi connectivity index (χ2n) is 5.43. The van der Waals surface area contributed by atoms with E-state index in [0.717, 1.165) is 36.0 Å². The SMILES string of the molecule is Nc1cccc2c(N3CCCCC3CCO)ccnc12. The van der Waals surface area contributed by atoms with Gasteiger partial charge in [-0.2, -0.15) is 0 Å². The summed E-state index contributed by atoms with van der Waals surface area (Å²) >= 11 is 0. The first-order chi connectivity index (χ1) is 9.81. The maximum Gasteiger partial charge on any atom is 0.0951 e. The zero-order valence-corrected chi connectivity index (χ0v) is 11.6. The number of pyridine rings is 1. The third kappa shape index (κ3) is 2.31. The van der Waals surface area contributed by atoms with Crippen molar-refractivity contribution in [2.45, 2.75) is 31.7 Å². The molecule has 106 valence electrons. The molecule has 1 aliphatic rings. The molecule has 1 aliphatic heterocycles. The van der Waals surface area contributed by atoms with E-state index in [0.29, 0.717) is 6.04 Å². The number of piperidine rings is 1. The Hall–Kier alpha value is -1.81. The average molecular weight is 271 g/mol. The maximum absolute atomic E-state index is 9.28. The van der Waals surface area contributed by atoms with Crippen molar-refractivity contribution in [3.8, 4) is 0 Å². The number of nitrogens with two attached hydrogens (primary N) is 1. The highest BCUT2D eigenvalue weighted by molar-refractivity contribution is 5.98. The minimum absolute atomic E-state index is 0.242. The van der Waals surface area contributed by atoms with Crippen LogP contribution < -0.4 is 10.6 Å². The van der Waals surface area contributed by atoms with E-state index in [2.05, 4.69) is 22.0 Å². The second kappa shape index (κ2) is 5.67. The van der Waals surface area contributed by atoms with Crippen LogP contribution in [0.3, 0.4) is 0 Å². The third-order valence-corrected chi connectivity index (χ3v) is 4.18. The largest absolute Gasteiger partial charge is 0.397 e. The molecule has 1 fully saturated rings. The Bertz CT molecular complexity index is 597. The second-order valence-corrected chi connectivity index (χ2v) is 5.43. The monoisotopic (exact) mass is 271 g/mol. The fraction of sp³-hybridized carbons (Fsp3) is 0.438. The number of fused-ring (bicyclic) bond motifs is 1. The van der Waals surface area contributed by atoms with Crippen LogP contribution in [0.25, 0.3) is 10.9 Å². The lowest BCUT2D eigenvalue weighted by Gasteiger charge is -2.38. The van der Waals surface area contributed by atoms with Crippen molar-refractivity contribution in [2.24, 2.45) is 0 Å². The van der Waals surface area contributed by atoms with Gasteiger partial charge in [0.2, 0.25) is 0 Å². The van der Waals surface area contributed by atoms with Crippen LogP contribution in [0.1, 0.15) is 25.7 Å². The van der Waals surface area contributed by atoms with E-state index in [-0.39, 0.29) is 6.61 Å². The standard InChI is InChI=1S/C16H21N3O/c17-14-6-3-5-13-15(7-9-18-16(13)14)19-10-2-1-4-12(19)8-11-20/h3,5-7,9,12,20H,1-2,4,8,10-11,17H2. The molecule has 0 radical (unpaired) electrons. The topological polar surface area (TPSA) is 62.4 Å². The molecule has 1 saturated heterocycles. The zero-order chi connectivity index (χ0) is 13.9. The van der Waals surface area contributed by atoms with E-state index in [1.165, 1.54) is 18.5 Å². The van der Waals surface area contributed by atoms with Gasteiger partial charge in [-0.1, -0.05) is 12.1 Å². The summed E-state index contributed by atoms with van der Waals surface area (Å²) in [6, 6.07) is 8.44. The van der Waals surface area contributed by atoms with E-state index in [1.54, 1.807) is 0 Å². The van der Waals surface area contributed by atoms with Gasteiger partial charge in [-0.25, -0.2) is 0 Å². The van der Waals surface area contributed by atoms with Crippen molar-refractivity contribution in [2.75, 3.05) is 23.8 Å². The summed E-state index contributed by atoms with van der Waals surface area (Å²) in [4.78, 5) is 6.83. The van der Waals surface area contributed by atoms with E-state index < -0.39 is 0 Å². The maximum atomic E-state index is 9.28. The summed E-state index contributed by atoms with van der Waals surface area (Å²) in [6.07, 6.45) is 6.25. The molecule has 3 N–H and O–H groups in total. The number of aliphatic hydroxyl groups excluding tert-OH is 1. The summed E-state index contributed by atoms with van der Waals surface area (Å²) in [5.74, 6) is 0. The van der Waals surface area contributed by atoms with E-state index >= 15 is 0 Å². The fourth-order valence-corrected chi connectivity index (χ4v) is 3.20. The summed E-state index contributed by atoms with van der Waals surface area (Å²) < 4.78 is 0. The third-order valence-electron chi connectivity index (χ3n) is 4.18. The Morgan fingerprint density at radius 2 is 2.20 bits per heavy atom. The van der Waals surface area contributed by atoms with Crippen LogP contribution in [-0.4, -0.2) is 29.3 Å². The number of rotatable bonds is 3. The first kappa shape index (κ1) is 13.2.